The molecule has 0 atom stereocenters. The number of amides is 1. The third-order valence-corrected chi connectivity index (χ3v) is 6.89. The highest BCUT2D eigenvalue weighted by Gasteiger charge is 2.19. The van der Waals surface area contributed by atoms with Crippen LogP contribution in [-0.2, 0) is 4.79 Å². The maximum Gasteiger partial charge on any atom is 0.224 e. The van der Waals surface area contributed by atoms with Gasteiger partial charge >= 0.3 is 0 Å². The summed E-state index contributed by atoms with van der Waals surface area (Å²) < 4.78 is 0. The van der Waals surface area contributed by atoms with Crippen LogP contribution in [0.3, 0.4) is 0 Å². The molecule has 6 heterocycles. The third kappa shape index (κ3) is 4.83. The van der Waals surface area contributed by atoms with Crippen LogP contribution in [-0.4, -0.2) is 49.1 Å². The van der Waals surface area contributed by atoms with Crippen molar-refractivity contribution >= 4 is 39.2 Å². The Morgan fingerprint density at radius 1 is 1.00 bits per heavy atom. The second kappa shape index (κ2) is 9.55. The van der Waals surface area contributed by atoms with Crippen LogP contribution >= 0.6 is 0 Å². The van der Waals surface area contributed by atoms with E-state index in [-0.39, 0.29) is 11.3 Å². The van der Waals surface area contributed by atoms with Crippen LogP contribution in [0.25, 0.3) is 44.6 Å². The van der Waals surface area contributed by atoms with Gasteiger partial charge in [-0.3, -0.25) is 19.9 Å². The molecule has 9 nitrogen and oxygen atoms in total. The molecule has 5 aromatic rings. The highest BCUT2D eigenvalue weighted by Crippen LogP contribution is 2.34. The lowest BCUT2D eigenvalue weighted by Gasteiger charge is -2.28. The van der Waals surface area contributed by atoms with Gasteiger partial charge in [0.25, 0.3) is 0 Å². The highest BCUT2D eigenvalue weighted by molar-refractivity contribution is 5.99. The summed E-state index contributed by atoms with van der Waals surface area (Å²) in [5.41, 5.74) is 7.54. The van der Waals surface area contributed by atoms with Gasteiger partial charge in [-0.05, 0) is 48.9 Å². The molecule has 1 fully saturated rings. The maximum atomic E-state index is 12.4. The first kappa shape index (κ1) is 24.1. The molecule has 0 aromatic carbocycles. The summed E-state index contributed by atoms with van der Waals surface area (Å²) >= 11 is 0. The number of nitrogens with zero attached hydrogens (tertiary/aromatic N) is 5. The van der Waals surface area contributed by atoms with Crippen LogP contribution in [0, 0.1) is 5.41 Å². The Morgan fingerprint density at radius 2 is 1.82 bits per heavy atom. The van der Waals surface area contributed by atoms with Crippen LogP contribution in [0.5, 0.6) is 0 Å². The first-order chi connectivity index (χ1) is 18.3. The van der Waals surface area contributed by atoms with Crippen molar-refractivity contribution in [3.05, 3.63) is 49.1 Å². The molecule has 0 radical (unpaired) electrons. The smallest absolute Gasteiger partial charge is 0.224 e. The van der Waals surface area contributed by atoms with Gasteiger partial charge in [0.05, 0.1) is 52.4 Å². The standard InChI is InChI=1S/C29H32N8O/c1-29(2,3)13-26(38)32-19-11-18(14-30-15-19)21-7-8-22-27(34-21)28(36-35-22)23-12-20-24(33-23)16-31-17-25(20)37-9-5-4-6-10-37/h7-8,11-12,14-17,33H,4-6,9-10,13H2,1-3H3,(H,32,38)(H,35,36). The van der Waals surface area contributed by atoms with Crippen LogP contribution < -0.4 is 10.2 Å². The quantitative estimate of drug-likeness (QED) is 0.271. The summed E-state index contributed by atoms with van der Waals surface area (Å²) in [6.45, 7) is 8.24. The molecule has 0 saturated carbocycles. The van der Waals surface area contributed by atoms with Gasteiger partial charge in [-0.15, -0.1) is 0 Å². The number of H-pyrrole nitrogens is 2. The van der Waals surface area contributed by atoms with Crippen molar-refractivity contribution in [3.63, 3.8) is 0 Å². The van der Waals surface area contributed by atoms with E-state index in [1.54, 1.807) is 12.4 Å². The van der Waals surface area contributed by atoms with E-state index in [0.29, 0.717) is 12.1 Å². The van der Waals surface area contributed by atoms with Gasteiger partial charge < -0.3 is 15.2 Å². The number of aromatic nitrogens is 6. The van der Waals surface area contributed by atoms with E-state index in [0.717, 1.165) is 63.4 Å². The number of nitrogens with one attached hydrogen (secondary N) is 3. The lowest BCUT2D eigenvalue weighted by atomic mass is 9.92. The normalized spacial score (nSPS) is 14.3. The summed E-state index contributed by atoms with van der Waals surface area (Å²) in [5, 5.41) is 11.8. The zero-order valence-corrected chi connectivity index (χ0v) is 22.0. The molecular weight excluding hydrogens is 476 g/mol. The summed E-state index contributed by atoms with van der Waals surface area (Å²) in [7, 11) is 0. The molecule has 0 spiro atoms. The first-order valence-corrected chi connectivity index (χ1v) is 13.2. The van der Waals surface area contributed by atoms with E-state index < -0.39 is 0 Å². The van der Waals surface area contributed by atoms with Gasteiger partial charge in [-0.1, -0.05) is 20.8 Å². The van der Waals surface area contributed by atoms with Crippen molar-refractivity contribution in [2.75, 3.05) is 23.3 Å². The molecule has 1 aliphatic heterocycles. The molecule has 0 aliphatic carbocycles. The monoisotopic (exact) mass is 508 g/mol. The van der Waals surface area contributed by atoms with Crippen molar-refractivity contribution in [3.8, 4) is 22.6 Å². The Labute approximate surface area is 221 Å². The SMILES string of the molecule is CC(C)(C)CC(=O)Nc1cncc(-c2ccc3[nH]nc(-c4cc5c(N6CCCCC6)cncc5[nH]4)c3n2)c1. The molecule has 1 amide bonds. The van der Waals surface area contributed by atoms with Gasteiger partial charge in [0.2, 0.25) is 5.91 Å². The molecule has 1 aliphatic rings. The average molecular weight is 509 g/mol. The van der Waals surface area contributed by atoms with E-state index in [2.05, 4.69) is 41.4 Å². The number of carbonyl (C=O) groups is 1. The fourth-order valence-electron chi connectivity index (χ4n) is 5.13. The molecular formula is C29H32N8O. The molecule has 0 unspecified atom stereocenters. The fourth-order valence-corrected chi connectivity index (χ4v) is 5.13. The minimum Gasteiger partial charge on any atom is -0.370 e. The van der Waals surface area contributed by atoms with Crippen molar-refractivity contribution in [2.45, 2.75) is 46.5 Å². The summed E-state index contributed by atoms with van der Waals surface area (Å²) in [5.74, 6) is -0.0331. The topological polar surface area (TPSA) is 115 Å². The Balaban J connectivity index is 1.33. The third-order valence-electron chi connectivity index (χ3n) is 6.89. The van der Waals surface area contributed by atoms with Crippen LogP contribution in [0.4, 0.5) is 11.4 Å². The fraction of sp³-hybridized carbons (Fsp3) is 0.345. The number of pyridine rings is 3. The highest BCUT2D eigenvalue weighted by atomic mass is 16.1. The van der Waals surface area contributed by atoms with E-state index in [4.69, 9.17) is 4.98 Å². The van der Waals surface area contributed by atoms with E-state index >= 15 is 0 Å². The number of rotatable bonds is 5. The van der Waals surface area contributed by atoms with Crippen LogP contribution in [0.2, 0.25) is 0 Å². The van der Waals surface area contributed by atoms with Crippen LogP contribution in [0.1, 0.15) is 46.5 Å². The van der Waals surface area contributed by atoms with Gasteiger partial charge in [-0.2, -0.15) is 5.10 Å². The lowest BCUT2D eigenvalue weighted by molar-refractivity contribution is -0.117. The molecule has 6 rings (SSSR count). The molecule has 0 bridgehead atoms. The number of piperidine rings is 1. The number of hydrogen-bond acceptors (Lipinski definition) is 6. The molecule has 5 aromatic heterocycles. The van der Waals surface area contributed by atoms with Crippen molar-refractivity contribution in [1.82, 2.24) is 30.1 Å². The Morgan fingerprint density at radius 3 is 2.63 bits per heavy atom. The predicted molar refractivity (Wildman–Crippen MR) is 151 cm³/mol. The van der Waals surface area contributed by atoms with E-state index in [1.807, 2.05) is 51.4 Å². The molecule has 9 heteroatoms. The van der Waals surface area contributed by atoms with Gasteiger partial charge in [0.15, 0.2) is 0 Å². The van der Waals surface area contributed by atoms with Crippen molar-refractivity contribution in [2.24, 2.45) is 5.41 Å². The molecule has 38 heavy (non-hydrogen) atoms. The summed E-state index contributed by atoms with van der Waals surface area (Å²) in [4.78, 5) is 32.2. The molecule has 194 valence electrons. The summed E-state index contributed by atoms with van der Waals surface area (Å²) in [6, 6.07) is 7.97. The number of anilines is 2. The number of fused-ring (bicyclic) bond motifs is 2. The Hall–Kier alpha value is -4.27. The van der Waals surface area contributed by atoms with Crippen LogP contribution in [0.15, 0.2) is 49.1 Å². The Kier molecular flexibility index (Phi) is 6.06. The van der Waals surface area contributed by atoms with Gasteiger partial charge in [-0.25, -0.2) is 4.98 Å². The summed E-state index contributed by atoms with van der Waals surface area (Å²) in [6.07, 6.45) is 11.4. The average Bonchev–Trinajstić information content (AvgIpc) is 3.51. The maximum absolute atomic E-state index is 12.4. The predicted octanol–water partition coefficient (Wildman–Crippen LogP) is 5.93. The zero-order valence-electron chi connectivity index (χ0n) is 22.0. The first-order valence-electron chi connectivity index (χ1n) is 13.2. The van der Waals surface area contributed by atoms with Crippen molar-refractivity contribution < 1.29 is 4.79 Å². The minimum absolute atomic E-state index is 0.0331. The Bertz CT molecular complexity index is 1620. The number of aromatic amines is 2. The van der Waals surface area contributed by atoms with Crippen molar-refractivity contribution in [1.29, 1.82) is 0 Å². The molecule has 3 N–H and O–H groups in total. The lowest BCUT2D eigenvalue weighted by Crippen LogP contribution is -2.29. The zero-order chi connectivity index (χ0) is 26.3. The number of carbonyl (C=O) groups excluding carboxylic acids is 1. The largest absolute Gasteiger partial charge is 0.370 e. The van der Waals surface area contributed by atoms with Gasteiger partial charge in [0.1, 0.15) is 11.2 Å². The van der Waals surface area contributed by atoms with E-state index in [1.165, 1.54) is 19.3 Å². The van der Waals surface area contributed by atoms with Gasteiger partial charge in [0, 0.05) is 36.7 Å². The number of hydrogen-bond donors (Lipinski definition) is 3. The van der Waals surface area contributed by atoms with E-state index in [9.17, 15) is 4.79 Å². The second-order valence-corrected chi connectivity index (χ2v) is 11.3. The molecule has 1 saturated heterocycles. The second-order valence-electron chi connectivity index (χ2n) is 11.3. The minimum atomic E-state index is -0.0907.